The molecule has 0 saturated heterocycles. The summed E-state index contributed by atoms with van der Waals surface area (Å²) in [7, 11) is 0. The molecule has 3 nitrogen and oxygen atoms in total. The Morgan fingerprint density at radius 2 is 2.28 bits per heavy atom. The molecular weight excluding hydrogens is 231 g/mol. The first-order valence-electron chi connectivity index (χ1n) is 6.46. The monoisotopic (exact) mass is 248 g/mol. The van der Waals surface area contributed by atoms with Gasteiger partial charge in [-0.15, -0.1) is 0 Å². The van der Waals surface area contributed by atoms with Gasteiger partial charge in [-0.25, -0.2) is 4.39 Å². The average molecular weight is 248 g/mol. The maximum Gasteiger partial charge on any atom is 0.242 e. The van der Waals surface area contributed by atoms with Crippen molar-refractivity contribution in [2.24, 2.45) is 11.7 Å². The van der Waals surface area contributed by atoms with E-state index in [1.807, 2.05) is 0 Å². The smallest absolute Gasteiger partial charge is 0.242 e. The van der Waals surface area contributed by atoms with E-state index in [9.17, 15) is 9.18 Å². The second kappa shape index (κ2) is 4.05. The lowest BCUT2D eigenvalue weighted by atomic mass is 9.90. The molecule has 1 saturated carbocycles. The second-order valence-corrected chi connectivity index (χ2v) is 5.40. The first-order valence-corrected chi connectivity index (χ1v) is 6.46. The zero-order chi connectivity index (χ0) is 12.8. The van der Waals surface area contributed by atoms with E-state index in [-0.39, 0.29) is 11.7 Å². The maximum absolute atomic E-state index is 13.2. The Kier molecular flexibility index (Phi) is 2.63. The van der Waals surface area contributed by atoms with Gasteiger partial charge >= 0.3 is 0 Å². The topological polar surface area (TPSA) is 55.1 Å². The standard InChI is InChI=1S/C14H17FN2O/c15-11-3-4-12-10(7-11)5-6-14(12,13(16)18)17-8-9-1-2-9/h3-4,7,9,17H,1-2,5-6,8H2,(H2,16,18). The molecule has 2 aliphatic carbocycles. The molecule has 1 unspecified atom stereocenters. The average Bonchev–Trinajstić information content (AvgIpc) is 3.08. The molecule has 1 aromatic carbocycles. The lowest BCUT2D eigenvalue weighted by molar-refractivity contribution is -0.124. The van der Waals surface area contributed by atoms with Crippen molar-refractivity contribution in [3.63, 3.8) is 0 Å². The quantitative estimate of drug-likeness (QED) is 0.847. The molecule has 96 valence electrons. The van der Waals surface area contributed by atoms with Crippen molar-refractivity contribution >= 4 is 5.91 Å². The van der Waals surface area contributed by atoms with Crippen LogP contribution in [-0.4, -0.2) is 12.5 Å². The number of nitrogens with two attached hydrogens (primary N) is 1. The van der Waals surface area contributed by atoms with Gasteiger partial charge in [-0.2, -0.15) is 0 Å². The van der Waals surface area contributed by atoms with E-state index in [0.29, 0.717) is 18.8 Å². The van der Waals surface area contributed by atoms with Crippen LogP contribution in [-0.2, 0) is 16.8 Å². The van der Waals surface area contributed by atoms with E-state index < -0.39 is 5.54 Å². The molecule has 0 bridgehead atoms. The van der Waals surface area contributed by atoms with Crippen molar-refractivity contribution in [1.29, 1.82) is 0 Å². The van der Waals surface area contributed by atoms with Crippen molar-refractivity contribution in [3.05, 3.63) is 35.1 Å². The Hall–Kier alpha value is -1.42. The summed E-state index contributed by atoms with van der Waals surface area (Å²) < 4.78 is 13.2. The fourth-order valence-electron chi connectivity index (χ4n) is 2.81. The van der Waals surface area contributed by atoms with Crippen LogP contribution in [0.4, 0.5) is 4.39 Å². The van der Waals surface area contributed by atoms with Gasteiger partial charge in [0, 0.05) is 0 Å². The predicted octanol–water partition coefficient (Wildman–Crippen LogP) is 1.45. The number of rotatable bonds is 4. The van der Waals surface area contributed by atoms with Gasteiger partial charge in [0.05, 0.1) is 0 Å². The summed E-state index contributed by atoms with van der Waals surface area (Å²) in [6.07, 6.45) is 3.78. The molecule has 3 N–H and O–H groups in total. The number of carbonyl (C=O) groups is 1. The Morgan fingerprint density at radius 3 is 2.94 bits per heavy atom. The van der Waals surface area contributed by atoms with Gasteiger partial charge in [0.1, 0.15) is 11.4 Å². The van der Waals surface area contributed by atoms with E-state index >= 15 is 0 Å². The number of halogens is 1. The highest BCUT2D eigenvalue weighted by Gasteiger charge is 2.44. The number of amides is 1. The first-order chi connectivity index (χ1) is 8.62. The fourth-order valence-corrected chi connectivity index (χ4v) is 2.81. The van der Waals surface area contributed by atoms with Crippen molar-refractivity contribution in [3.8, 4) is 0 Å². The minimum atomic E-state index is -0.786. The molecule has 0 spiro atoms. The first kappa shape index (κ1) is 11.7. The lowest BCUT2D eigenvalue weighted by Crippen LogP contribution is -2.51. The number of benzene rings is 1. The van der Waals surface area contributed by atoms with E-state index in [1.54, 1.807) is 6.07 Å². The van der Waals surface area contributed by atoms with Crippen LogP contribution in [0.5, 0.6) is 0 Å². The Morgan fingerprint density at radius 1 is 1.50 bits per heavy atom. The van der Waals surface area contributed by atoms with Gasteiger partial charge < -0.3 is 5.73 Å². The van der Waals surface area contributed by atoms with Gasteiger partial charge in [-0.1, -0.05) is 6.07 Å². The largest absolute Gasteiger partial charge is 0.368 e. The highest BCUT2D eigenvalue weighted by atomic mass is 19.1. The molecule has 4 heteroatoms. The minimum Gasteiger partial charge on any atom is -0.368 e. The zero-order valence-electron chi connectivity index (χ0n) is 10.2. The third kappa shape index (κ3) is 1.81. The number of aryl methyl sites for hydroxylation is 1. The zero-order valence-corrected chi connectivity index (χ0v) is 10.2. The van der Waals surface area contributed by atoms with Gasteiger partial charge in [-0.3, -0.25) is 10.1 Å². The molecule has 3 rings (SSSR count). The number of carbonyl (C=O) groups excluding carboxylic acids is 1. The molecule has 1 fully saturated rings. The van der Waals surface area contributed by atoms with Crippen LogP contribution in [0.1, 0.15) is 30.4 Å². The number of primary amides is 1. The number of hydrogen-bond donors (Lipinski definition) is 2. The Balaban J connectivity index is 1.94. The molecule has 1 amide bonds. The fraction of sp³-hybridized carbons (Fsp3) is 0.500. The molecule has 0 radical (unpaired) electrons. The second-order valence-electron chi connectivity index (χ2n) is 5.40. The van der Waals surface area contributed by atoms with Crippen molar-refractivity contribution in [2.75, 3.05) is 6.54 Å². The molecule has 0 heterocycles. The maximum atomic E-state index is 13.2. The normalized spacial score (nSPS) is 26.1. The Bertz CT molecular complexity index is 499. The number of hydrogen-bond acceptors (Lipinski definition) is 2. The molecule has 0 aromatic heterocycles. The van der Waals surface area contributed by atoms with E-state index in [1.165, 1.54) is 25.0 Å². The summed E-state index contributed by atoms with van der Waals surface area (Å²) in [6, 6.07) is 4.61. The SMILES string of the molecule is NC(=O)C1(NCC2CC2)CCc2cc(F)ccc21. The van der Waals surface area contributed by atoms with Gasteiger partial charge in [0.15, 0.2) is 0 Å². The summed E-state index contributed by atoms with van der Waals surface area (Å²) in [5, 5.41) is 3.34. The number of nitrogens with one attached hydrogen (secondary N) is 1. The summed E-state index contributed by atoms with van der Waals surface area (Å²) in [5.74, 6) is 0.0652. The van der Waals surface area contributed by atoms with Crippen molar-refractivity contribution in [1.82, 2.24) is 5.32 Å². The van der Waals surface area contributed by atoms with E-state index in [0.717, 1.165) is 17.7 Å². The molecule has 2 aliphatic rings. The summed E-state index contributed by atoms with van der Waals surface area (Å²) in [6.45, 7) is 0.819. The van der Waals surface area contributed by atoms with E-state index in [2.05, 4.69) is 5.32 Å². The van der Waals surface area contributed by atoms with Gasteiger partial charge in [-0.05, 0) is 61.4 Å². The van der Waals surface area contributed by atoms with Gasteiger partial charge in [0.2, 0.25) is 5.91 Å². The molecule has 0 aliphatic heterocycles. The lowest BCUT2D eigenvalue weighted by Gasteiger charge is -2.28. The Labute approximate surface area is 106 Å². The molecule has 18 heavy (non-hydrogen) atoms. The highest BCUT2D eigenvalue weighted by molar-refractivity contribution is 5.87. The van der Waals surface area contributed by atoms with Crippen LogP contribution >= 0.6 is 0 Å². The minimum absolute atomic E-state index is 0.254. The van der Waals surface area contributed by atoms with Gasteiger partial charge in [0.25, 0.3) is 0 Å². The summed E-state index contributed by atoms with van der Waals surface area (Å²) >= 11 is 0. The molecule has 1 atom stereocenters. The molecular formula is C14H17FN2O. The van der Waals surface area contributed by atoms with Crippen molar-refractivity contribution in [2.45, 2.75) is 31.2 Å². The third-order valence-electron chi connectivity index (χ3n) is 4.11. The molecule has 1 aromatic rings. The van der Waals surface area contributed by atoms with Crippen molar-refractivity contribution < 1.29 is 9.18 Å². The van der Waals surface area contributed by atoms with Crippen LogP contribution in [0, 0.1) is 11.7 Å². The van der Waals surface area contributed by atoms with Crippen LogP contribution < -0.4 is 11.1 Å². The highest BCUT2D eigenvalue weighted by Crippen LogP contribution is 2.38. The van der Waals surface area contributed by atoms with E-state index in [4.69, 9.17) is 5.73 Å². The van der Waals surface area contributed by atoms with Crippen LogP contribution in [0.25, 0.3) is 0 Å². The summed E-state index contributed by atoms with van der Waals surface area (Å²) in [5.41, 5.74) is 6.57. The number of fused-ring (bicyclic) bond motifs is 1. The predicted molar refractivity (Wildman–Crippen MR) is 66.3 cm³/mol. The summed E-state index contributed by atoms with van der Waals surface area (Å²) in [4.78, 5) is 11.9. The third-order valence-corrected chi connectivity index (χ3v) is 4.11. The van der Waals surface area contributed by atoms with Crippen LogP contribution in [0.2, 0.25) is 0 Å². The van der Waals surface area contributed by atoms with Crippen LogP contribution in [0.15, 0.2) is 18.2 Å². The van der Waals surface area contributed by atoms with Crippen LogP contribution in [0.3, 0.4) is 0 Å².